The zero-order chi connectivity index (χ0) is 17.2. The summed E-state index contributed by atoms with van der Waals surface area (Å²) in [6.45, 7) is 0.550. The number of hydrogen-bond donors (Lipinski definition) is 3. The Hall–Kier alpha value is -2.86. The van der Waals surface area contributed by atoms with Gasteiger partial charge >= 0.3 is 0 Å². The van der Waals surface area contributed by atoms with Crippen molar-refractivity contribution in [3.63, 3.8) is 0 Å². The lowest BCUT2D eigenvalue weighted by Gasteiger charge is -2.12. The van der Waals surface area contributed by atoms with Crippen molar-refractivity contribution in [2.75, 3.05) is 23.8 Å². The maximum Gasteiger partial charge on any atom is 0.227 e. The molecule has 0 bridgehead atoms. The fourth-order valence-corrected chi connectivity index (χ4v) is 2.04. The fourth-order valence-electron chi connectivity index (χ4n) is 2.04. The maximum absolute atomic E-state index is 12.0. The molecule has 0 spiro atoms. The summed E-state index contributed by atoms with van der Waals surface area (Å²) in [4.78, 5) is 23.7. The molecule has 6 heteroatoms. The van der Waals surface area contributed by atoms with Crippen LogP contribution < -0.4 is 21.1 Å². The summed E-state index contributed by atoms with van der Waals surface area (Å²) >= 11 is 0. The molecule has 0 unspecified atom stereocenters. The van der Waals surface area contributed by atoms with Crippen LogP contribution >= 0.6 is 0 Å². The zero-order valence-electron chi connectivity index (χ0n) is 13.3. The predicted molar refractivity (Wildman–Crippen MR) is 93.9 cm³/mol. The van der Waals surface area contributed by atoms with Gasteiger partial charge in [0.15, 0.2) is 0 Å². The number of carbonyl (C=O) groups excluding carboxylic acids is 2. The van der Waals surface area contributed by atoms with E-state index >= 15 is 0 Å². The van der Waals surface area contributed by atoms with E-state index in [1.54, 1.807) is 24.3 Å². The van der Waals surface area contributed by atoms with Crippen LogP contribution in [-0.4, -0.2) is 25.0 Å². The minimum atomic E-state index is -0.188. The Bertz CT molecular complexity index is 674. The van der Waals surface area contributed by atoms with Crippen molar-refractivity contribution in [1.82, 2.24) is 0 Å². The van der Waals surface area contributed by atoms with Crippen LogP contribution in [0.25, 0.3) is 0 Å². The first-order chi connectivity index (χ1) is 11.7. The molecule has 2 amide bonds. The summed E-state index contributed by atoms with van der Waals surface area (Å²) in [6.07, 6.45) is 0.438. The molecule has 0 radical (unpaired) electrons. The standard InChI is InChI=1S/C18H21N3O3/c19-12-10-17(22)20-15-8-4-5-9-16(15)21-18(23)11-13-24-14-6-2-1-3-7-14/h1-9H,10-13,19H2,(H,20,22)(H,21,23). The van der Waals surface area contributed by atoms with E-state index in [0.717, 1.165) is 5.75 Å². The number of amides is 2. The molecule has 4 N–H and O–H groups in total. The highest BCUT2D eigenvalue weighted by atomic mass is 16.5. The first kappa shape index (κ1) is 17.5. The third-order valence-corrected chi connectivity index (χ3v) is 3.19. The lowest BCUT2D eigenvalue weighted by molar-refractivity contribution is -0.117. The van der Waals surface area contributed by atoms with Crippen molar-refractivity contribution in [2.45, 2.75) is 12.8 Å². The summed E-state index contributed by atoms with van der Waals surface area (Å²) in [6, 6.07) is 16.3. The van der Waals surface area contributed by atoms with Gasteiger partial charge in [-0.1, -0.05) is 30.3 Å². The van der Waals surface area contributed by atoms with Crippen LogP contribution in [0.2, 0.25) is 0 Å². The average Bonchev–Trinajstić information content (AvgIpc) is 2.58. The van der Waals surface area contributed by atoms with Crippen molar-refractivity contribution in [1.29, 1.82) is 0 Å². The van der Waals surface area contributed by atoms with Crippen LogP contribution in [0, 0.1) is 0 Å². The summed E-state index contributed by atoms with van der Waals surface area (Å²) < 4.78 is 5.50. The van der Waals surface area contributed by atoms with Gasteiger partial charge in [-0.15, -0.1) is 0 Å². The number of ether oxygens (including phenoxy) is 1. The van der Waals surface area contributed by atoms with Crippen LogP contribution in [0.1, 0.15) is 12.8 Å². The van der Waals surface area contributed by atoms with E-state index in [0.29, 0.717) is 11.4 Å². The summed E-state index contributed by atoms with van der Waals surface area (Å²) in [5.74, 6) is 0.345. The predicted octanol–water partition coefficient (Wildman–Crippen LogP) is 2.38. The summed E-state index contributed by atoms with van der Waals surface area (Å²) in [5.41, 5.74) is 6.46. The van der Waals surface area contributed by atoms with Gasteiger partial charge < -0.3 is 21.1 Å². The Morgan fingerprint density at radius 3 is 1.96 bits per heavy atom. The fraction of sp³-hybridized carbons (Fsp3) is 0.222. The van der Waals surface area contributed by atoms with E-state index in [1.165, 1.54) is 0 Å². The first-order valence-electron chi connectivity index (χ1n) is 7.75. The number of anilines is 2. The Labute approximate surface area is 141 Å². The molecular formula is C18H21N3O3. The minimum absolute atomic E-state index is 0.188. The highest BCUT2D eigenvalue weighted by Crippen LogP contribution is 2.21. The second kappa shape index (κ2) is 9.32. The second-order valence-electron chi connectivity index (χ2n) is 5.09. The summed E-state index contributed by atoms with van der Waals surface area (Å²) in [5, 5.41) is 5.51. The number of nitrogens with one attached hydrogen (secondary N) is 2. The van der Waals surface area contributed by atoms with E-state index < -0.39 is 0 Å². The number of rotatable bonds is 8. The Kier molecular flexibility index (Phi) is 6.79. The molecule has 0 aliphatic heterocycles. The van der Waals surface area contributed by atoms with Gasteiger partial charge in [0.05, 0.1) is 24.4 Å². The topological polar surface area (TPSA) is 93.5 Å². The molecule has 0 aromatic heterocycles. The van der Waals surface area contributed by atoms with Gasteiger partial charge in [-0.2, -0.15) is 0 Å². The van der Waals surface area contributed by atoms with Crippen molar-refractivity contribution in [3.8, 4) is 5.75 Å². The Morgan fingerprint density at radius 2 is 1.38 bits per heavy atom. The smallest absolute Gasteiger partial charge is 0.227 e. The normalized spacial score (nSPS) is 10.0. The number of para-hydroxylation sites is 3. The van der Waals surface area contributed by atoms with Gasteiger partial charge in [-0.3, -0.25) is 9.59 Å². The van der Waals surface area contributed by atoms with E-state index in [9.17, 15) is 9.59 Å². The second-order valence-corrected chi connectivity index (χ2v) is 5.09. The van der Waals surface area contributed by atoms with Gasteiger partial charge in [0.1, 0.15) is 5.75 Å². The molecule has 0 aliphatic rings. The van der Waals surface area contributed by atoms with Crippen molar-refractivity contribution >= 4 is 23.2 Å². The maximum atomic E-state index is 12.0. The van der Waals surface area contributed by atoms with Crippen LogP contribution in [0.3, 0.4) is 0 Å². The van der Waals surface area contributed by atoms with E-state index in [2.05, 4.69) is 10.6 Å². The van der Waals surface area contributed by atoms with Crippen molar-refractivity contribution in [3.05, 3.63) is 54.6 Å². The van der Waals surface area contributed by atoms with Gasteiger partial charge in [0.25, 0.3) is 0 Å². The van der Waals surface area contributed by atoms with Gasteiger partial charge in [0, 0.05) is 13.0 Å². The molecule has 0 heterocycles. The largest absolute Gasteiger partial charge is 0.493 e. The quantitative estimate of drug-likeness (QED) is 0.694. The third-order valence-electron chi connectivity index (χ3n) is 3.19. The highest BCUT2D eigenvalue weighted by molar-refractivity contribution is 5.99. The molecule has 0 atom stereocenters. The molecule has 6 nitrogen and oxygen atoms in total. The van der Waals surface area contributed by atoms with Gasteiger partial charge in [-0.25, -0.2) is 0 Å². The number of hydrogen-bond acceptors (Lipinski definition) is 4. The first-order valence-corrected chi connectivity index (χ1v) is 7.75. The van der Waals surface area contributed by atoms with Gasteiger partial charge in [-0.05, 0) is 24.3 Å². The van der Waals surface area contributed by atoms with E-state index in [1.807, 2.05) is 30.3 Å². The molecule has 0 saturated carbocycles. The summed E-state index contributed by atoms with van der Waals surface area (Å²) in [7, 11) is 0. The Morgan fingerprint density at radius 1 is 0.833 bits per heavy atom. The van der Waals surface area contributed by atoms with Crippen LogP contribution in [0.4, 0.5) is 11.4 Å². The molecule has 0 aliphatic carbocycles. The minimum Gasteiger partial charge on any atom is -0.493 e. The van der Waals surface area contributed by atoms with Crippen LogP contribution in [0.15, 0.2) is 54.6 Å². The molecule has 126 valence electrons. The van der Waals surface area contributed by atoms with Crippen LogP contribution in [-0.2, 0) is 9.59 Å². The molecule has 2 aromatic rings. The molecule has 2 aromatic carbocycles. The monoisotopic (exact) mass is 327 g/mol. The molecule has 0 saturated heterocycles. The average molecular weight is 327 g/mol. The number of carbonyl (C=O) groups is 2. The van der Waals surface area contributed by atoms with Crippen molar-refractivity contribution < 1.29 is 14.3 Å². The molecule has 24 heavy (non-hydrogen) atoms. The lowest BCUT2D eigenvalue weighted by Crippen LogP contribution is -2.19. The molecule has 2 rings (SSSR count). The lowest BCUT2D eigenvalue weighted by atomic mass is 10.2. The van der Waals surface area contributed by atoms with Gasteiger partial charge in [0.2, 0.25) is 11.8 Å². The van der Waals surface area contributed by atoms with E-state index in [-0.39, 0.29) is 37.8 Å². The van der Waals surface area contributed by atoms with Crippen molar-refractivity contribution in [2.24, 2.45) is 5.73 Å². The third kappa shape index (κ3) is 5.73. The number of nitrogens with two attached hydrogens (primary N) is 1. The van der Waals surface area contributed by atoms with E-state index in [4.69, 9.17) is 10.5 Å². The molecule has 0 fully saturated rings. The number of benzene rings is 2. The Balaban J connectivity index is 1.86. The zero-order valence-corrected chi connectivity index (χ0v) is 13.3. The molecular weight excluding hydrogens is 306 g/mol. The van der Waals surface area contributed by atoms with Crippen LogP contribution in [0.5, 0.6) is 5.75 Å². The SMILES string of the molecule is NCCC(=O)Nc1ccccc1NC(=O)CCOc1ccccc1. The highest BCUT2D eigenvalue weighted by Gasteiger charge is 2.09.